The van der Waals surface area contributed by atoms with Crippen LogP contribution in [0.4, 0.5) is 0 Å². The lowest BCUT2D eigenvalue weighted by Gasteiger charge is -2.38. The van der Waals surface area contributed by atoms with Crippen LogP contribution in [0, 0.1) is 0 Å². The Labute approximate surface area is 98.2 Å². The molecule has 92 valence electrons. The molecule has 3 heteroatoms. The second-order valence-corrected chi connectivity index (χ2v) is 5.84. The van der Waals surface area contributed by atoms with Gasteiger partial charge in [0.25, 0.3) is 0 Å². The van der Waals surface area contributed by atoms with Crippen molar-refractivity contribution in [3.8, 4) is 0 Å². The molecule has 3 nitrogen and oxygen atoms in total. The van der Waals surface area contributed by atoms with Crippen molar-refractivity contribution in [3.63, 3.8) is 0 Å². The van der Waals surface area contributed by atoms with Crippen molar-refractivity contribution in [2.75, 3.05) is 13.1 Å². The Morgan fingerprint density at radius 3 is 2.62 bits per heavy atom. The maximum absolute atomic E-state index is 10.1. The molecule has 4 atom stereocenters. The molecular formula is C13H24N2O. The zero-order chi connectivity index (χ0) is 11.0. The Bertz CT molecular complexity index is 246. The number of hydrogen-bond donors (Lipinski definition) is 2. The Balaban J connectivity index is 1.65. The zero-order valence-electron chi connectivity index (χ0n) is 10.1. The molecule has 0 aromatic rings. The minimum atomic E-state index is -0.0645. The van der Waals surface area contributed by atoms with Crippen LogP contribution in [0.1, 0.15) is 44.9 Å². The predicted molar refractivity (Wildman–Crippen MR) is 64.4 cm³/mol. The highest BCUT2D eigenvalue weighted by atomic mass is 16.3. The average molecular weight is 224 g/mol. The quantitative estimate of drug-likeness (QED) is 0.700. The summed E-state index contributed by atoms with van der Waals surface area (Å²) >= 11 is 0. The first-order chi connectivity index (χ1) is 7.83. The van der Waals surface area contributed by atoms with Crippen molar-refractivity contribution in [2.24, 2.45) is 0 Å². The molecule has 1 aliphatic carbocycles. The summed E-state index contributed by atoms with van der Waals surface area (Å²) in [5.41, 5.74) is 0. The fourth-order valence-corrected chi connectivity index (χ4v) is 3.79. The van der Waals surface area contributed by atoms with Gasteiger partial charge in [0.2, 0.25) is 0 Å². The van der Waals surface area contributed by atoms with Gasteiger partial charge < -0.3 is 10.4 Å². The van der Waals surface area contributed by atoms with Crippen molar-refractivity contribution >= 4 is 0 Å². The molecule has 2 heterocycles. The summed E-state index contributed by atoms with van der Waals surface area (Å²) in [5, 5.41) is 13.8. The van der Waals surface area contributed by atoms with Crippen molar-refractivity contribution in [1.82, 2.24) is 10.2 Å². The van der Waals surface area contributed by atoms with Crippen LogP contribution in [-0.4, -0.2) is 47.3 Å². The van der Waals surface area contributed by atoms with E-state index in [2.05, 4.69) is 10.2 Å². The minimum absolute atomic E-state index is 0.0645. The van der Waals surface area contributed by atoms with E-state index in [-0.39, 0.29) is 6.10 Å². The van der Waals surface area contributed by atoms with Crippen LogP contribution in [0.2, 0.25) is 0 Å². The number of hydrogen-bond acceptors (Lipinski definition) is 3. The molecule has 4 unspecified atom stereocenters. The third kappa shape index (κ3) is 2.13. The summed E-state index contributed by atoms with van der Waals surface area (Å²) in [4.78, 5) is 2.57. The maximum atomic E-state index is 10.1. The maximum Gasteiger partial charge on any atom is 0.0695 e. The molecular weight excluding hydrogens is 200 g/mol. The van der Waals surface area contributed by atoms with Crippen LogP contribution in [0.15, 0.2) is 0 Å². The van der Waals surface area contributed by atoms with Gasteiger partial charge in [0.05, 0.1) is 6.10 Å². The third-order valence-corrected chi connectivity index (χ3v) is 4.72. The van der Waals surface area contributed by atoms with Gasteiger partial charge in [-0.2, -0.15) is 0 Å². The number of nitrogens with one attached hydrogen (secondary N) is 1. The second-order valence-electron chi connectivity index (χ2n) is 5.84. The summed E-state index contributed by atoms with van der Waals surface area (Å²) in [6.07, 6.45) is 8.66. The SMILES string of the molecule is OC1CCCCC1N1CCC2CCC(C1)N2. The van der Waals surface area contributed by atoms with Crippen molar-refractivity contribution in [1.29, 1.82) is 0 Å². The average Bonchev–Trinajstić information content (AvgIpc) is 2.60. The van der Waals surface area contributed by atoms with Crippen molar-refractivity contribution in [3.05, 3.63) is 0 Å². The topological polar surface area (TPSA) is 35.5 Å². The van der Waals surface area contributed by atoms with Gasteiger partial charge in [-0.3, -0.25) is 4.90 Å². The first kappa shape index (κ1) is 11.0. The van der Waals surface area contributed by atoms with E-state index in [0.717, 1.165) is 19.0 Å². The molecule has 1 saturated carbocycles. The van der Waals surface area contributed by atoms with Gasteiger partial charge >= 0.3 is 0 Å². The number of likely N-dealkylation sites (tertiary alicyclic amines) is 1. The highest BCUT2D eigenvalue weighted by Crippen LogP contribution is 2.27. The highest BCUT2D eigenvalue weighted by Gasteiger charge is 2.35. The molecule has 0 amide bonds. The molecule has 0 radical (unpaired) electrons. The smallest absolute Gasteiger partial charge is 0.0695 e. The number of nitrogens with zero attached hydrogens (tertiary/aromatic N) is 1. The summed E-state index contributed by atoms with van der Waals surface area (Å²) in [6.45, 7) is 2.36. The summed E-state index contributed by atoms with van der Waals surface area (Å²) in [6, 6.07) is 1.91. The second kappa shape index (κ2) is 4.63. The van der Waals surface area contributed by atoms with Gasteiger partial charge in [0, 0.05) is 31.2 Å². The van der Waals surface area contributed by atoms with Gasteiger partial charge in [-0.1, -0.05) is 12.8 Å². The van der Waals surface area contributed by atoms with E-state index in [4.69, 9.17) is 0 Å². The minimum Gasteiger partial charge on any atom is -0.391 e. The summed E-state index contributed by atoms with van der Waals surface area (Å²) < 4.78 is 0. The monoisotopic (exact) mass is 224 g/mol. The van der Waals surface area contributed by atoms with Gasteiger partial charge in [0.15, 0.2) is 0 Å². The Morgan fingerprint density at radius 1 is 0.938 bits per heavy atom. The van der Waals surface area contributed by atoms with E-state index < -0.39 is 0 Å². The number of fused-ring (bicyclic) bond motifs is 2. The normalized spacial score (nSPS) is 45.6. The molecule has 2 saturated heterocycles. The van der Waals surface area contributed by atoms with Crippen LogP contribution < -0.4 is 5.32 Å². The van der Waals surface area contributed by atoms with E-state index in [1.807, 2.05) is 0 Å². The van der Waals surface area contributed by atoms with Crippen LogP contribution in [0.3, 0.4) is 0 Å². The molecule has 0 aromatic carbocycles. The van der Waals surface area contributed by atoms with Crippen molar-refractivity contribution in [2.45, 2.75) is 69.2 Å². The Morgan fingerprint density at radius 2 is 1.75 bits per heavy atom. The number of rotatable bonds is 1. The predicted octanol–water partition coefficient (Wildman–Crippen LogP) is 1.12. The van der Waals surface area contributed by atoms with Gasteiger partial charge in [-0.25, -0.2) is 0 Å². The van der Waals surface area contributed by atoms with E-state index in [1.165, 1.54) is 45.1 Å². The lowest BCUT2D eigenvalue weighted by Crippen LogP contribution is -2.48. The standard InChI is InChI=1S/C13H24N2O/c16-13-4-2-1-3-12(13)15-8-7-10-5-6-11(9-15)14-10/h10-14,16H,1-9H2. The molecule has 3 aliphatic rings. The third-order valence-electron chi connectivity index (χ3n) is 4.72. The lowest BCUT2D eigenvalue weighted by atomic mass is 9.90. The molecule has 0 aromatic heterocycles. The van der Waals surface area contributed by atoms with E-state index >= 15 is 0 Å². The van der Waals surface area contributed by atoms with Gasteiger partial charge in [-0.05, 0) is 32.1 Å². The number of aliphatic hydroxyl groups excluding tert-OH is 1. The first-order valence-electron chi connectivity index (χ1n) is 7.01. The molecule has 2 aliphatic heterocycles. The highest BCUT2D eigenvalue weighted by molar-refractivity contribution is 4.93. The molecule has 2 N–H and O–H groups in total. The summed E-state index contributed by atoms with van der Waals surface area (Å²) in [5.74, 6) is 0. The van der Waals surface area contributed by atoms with Crippen molar-refractivity contribution < 1.29 is 5.11 Å². The molecule has 16 heavy (non-hydrogen) atoms. The van der Waals surface area contributed by atoms with E-state index in [1.54, 1.807) is 0 Å². The molecule has 2 bridgehead atoms. The van der Waals surface area contributed by atoms with E-state index in [0.29, 0.717) is 12.1 Å². The van der Waals surface area contributed by atoms with Crippen LogP contribution in [0.25, 0.3) is 0 Å². The van der Waals surface area contributed by atoms with E-state index in [9.17, 15) is 5.11 Å². The molecule has 0 spiro atoms. The fourth-order valence-electron chi connectivity index (χ4n) is 3.79. The van der Waals surface area contributed by atoms with Crippen LogP contribution >= 0.6 is 0 Å². The van der Waals surface area contributed by atoms with Crippen LogP contribution in [-0.2, 0) is 0 Å². The largest absolute Gasteiger partial charge is 0.391 e. The molecule has 3 rings (SSSR count). The van der Waals surface area contributed by atoms with Gasteiger partial charge in [0.1, 0.15) is 0 Å². The van der Waals surface area contributed by atoms with Crippen LogP contribution in [0.5, 0.6) is 0 Å². The first-order valence-corrected chi connectivity index (χ1v) is 7.01. The zero-order valence-corrected chi connectivity index (χ0v) is 10.1. The lowest BCUT2D eigenvalue weighted by molar-refractivity contribution is 0.0178. The Hall–Kier alpha value is -0.120. The number of aliphatic hydroxyl groups is 1. The fraction of sp³-hybridized carbons (Fsp3) is 1.00. The Kier molecular flexibility index (Phi) is 3.18. The molecule has 3 fully saturated rings. The van der Waals surface area contributed by atoms with Gasteiger partial charge in [-0.15, -0.1) is 0 Å². The summed E-state index contributed by atoms with van der Waals surface area (Å²) in [7, 11) is 0.